The Morgan fingerprint density at radius 2 is 2.05 bits per heavy atom. The first-order chi connectivity index (χ1) is 10.0. The molecule has 0 aliphatic carbocycles. The molecule has 0 bridgehead atoms. The molecule has 0 aromatic heterocycles. The van der Waals surface area contributed by atoms with Crippen molar-refractivity contribution in [1.29, 1.82) is 0 Å². The van der Waals surface area contributed by atoms with E-state index in [1.807, 2.05) is 6.92 Å². The molecule has 0 aliphatic heterocycles. The molecule has 6 heteroatoms. The van der Waals surface area contributed by atoms with E-state index in [0.29, 0.717) is 25.6 Å². The maximum atomic E-state index is 11.6. The minimum absolute atomic E-state index is 0.0387. The molecule has 3 N–H and O–H groups in total. The molecule has 0 spiro atoms. The molecule has 0 aromatic carbocycles. The molecule has 0 aliphatic rings. The summed E-state index contributed by atoms with van der Waals surface area (Å²) in [6.45, 7) is 14.0. The predicted octanol–water partition coefficient (Wildman–Crippen LogP) is 1.89. The predicted molar refractivity (Wildman–Crippen MR) is 87.6 cm³/mol. The number of hydrogen-bond donors (Lipinski definition) is 3. The summed E-state index contributed by atoms with van der Waals surface area (Å²) in [7, 11) is 0. The van der Waals surface area contributed by atoms with Crippen molar-refractivity contribution in [2.45, 2.75) is 40.2 Å². The molecule has 0 fully saturated rings. The molecule has 122 valence electrons. The van der Waals surface area contributed by atoms with Gasteiger partial charge >= 0.3 is 6.09 Å². The summed E-state index contributed by atoms with van der Waals surface area (Å²) in [6, 6.07) is -0.0387. The van der Waals surface area contributed by atoms with Gasteiger partial charge in [-0.1, -0.05) is 19.9 Å². The molecule has 0 radical (unpaired) electrons. The van der Waals surface area contributed by atoms with Gasteiger partial charge in [-0.2, -0.15) is 0 Å². The minimum atomic E-state index is -0.387. The van der Waals surface area contributed by atoms with Crippen molar-refractivity contribution >= 4 is 12.1 Å². The maximum absolute atomic E-state index is 11.6. The van der Waals surface area contributed by atoms with Crippen molar-refractivity contribution in [2.75, 3.05) is 26.2 Å². The third-order valence-corrected chi connectivity index (χ3v) is 2.58. The molecular weight excluding hydrogens is 268 g/mol. The monoisotopic (exact) mass is 298 g/mol. The van der Waals surface area contributed by atoms with E-state index < -0.39 is 0 Å². The fraction of sp³-hybridized carbons (Fsp3) is 0.733. The summed E-state index contributed by atoms with van der Waals surface area (Å²) >= 11 is 0. The fourth-order valence-electron chi connectivity index (χ4n) is 1.80. The van der Waals surface area contributed by atoms with Crippen LogP contribution in [0, 0.1) is 5.92 Å². The van der Waals surface area contributed by atoms with Crippen LogP contribution < -0.4 is 16.0 Å². The van der Waals surface area contributed by atoms with Crippen LogP contribution in [-0.2, 0) is 4.74 Å². The van der Waals surface area contributed by atoms with Crippen LogP contribution in [0.5, 0.6) is 0 Å². The summed E-state index contributed by atoms with van der Waals surface area (Å²) in [6.07, 6.45) is 2.24. The van der Waals surface area contributed by atoms with Crippen molar-refractivity contribution < 1.29 is 9.53 Å². The Kier molecular flexibility index (Phi) is 11.1. The highest BCUT2D eigenvalue weighted by Crippen LogP contribution is 2.05. The Labute approximate surface area is 128 Å². The Morgan fingerprint density at radius 3 is 2.57 bits per heavy atom. The second kappa shape index (κ2) is 12.1. The number of aliphatic imine (C=N–C) groups is 1. The molecule has 1 atom stereocenters. The van der Waals surface area contributed by atoms with Crippen LogP contribution in [0.1, 0.15) is 34.1 Å². The third-order valence-electron chi connectivity index (χ3n) is 2.58. The lowest BCUT2D eigenvalue weighted by molar-refractivity contribution is 0.147. The third kappa shape index (κ3) is 10.7. The SMILES string of the molecule is C=CCNC(=NCC(CC(C)C)NC(=O)OCC)NCC. The molecule has 0 rings (SSSR count). The number of hydrogen-bond acceptors (Lipinski definition) is 3. The zero-order valence-corrected chi connectivity index (χ0v) is 13.7. The number of alkyl carbamates (subject to hydrolysis) is 1. The van der Waals surface area contributed by atoms with Crippen LogP contribution in [0.2, 0.25) is 0 Å². The first-order valence-electron chi connectivity index (χ1n) is 7.59. The topological polar surface area (TPSA) is 74.8 Å². The molecule has 1 unspecified atom stereocenters. The smallest absolute Gasteiger partial charge is 0.407 e. The van der Waals surface area contributed by atoms with Gasteiger partial charge in [-0.05, 0) is 26.2 Å². The van der Waals surface area contributed by atoms with E-state index in [1.165, 1.54) is 0 Å². The second-order valence-corrected chi connectivity index (χ2v) is 5.08. The number of carbonyl (C=O) groups is 1. The van der Waals surface area contributed by atoms with Gasteiger partial charge in [0.25, 0.3) is 0 Å². The van der Waals surface area contributed by atoms with Gasteiger partial charge in [-0.25, -0.2) is 4.79 Å². The van der Waals surface area contributed by atoms with Crippen molar-refractivity contribution in [2.24, 2.45) is 10.9 Å². The number of carbonyl (C=O) groups excluding carboxylic acids is 1. The number of amides is 1. The molecule has 0 aromatic rings. The largest absolute Gasteiger partial charge is 0.450 e. The molecule has 0 heterocycles. The Balaban J connectivity index is 4.59. The van der Waals surface area contributed by atoms with Crippen LogP contribution in [0.25, 0.3) is 0 Å². The number of nitrogens with one attached hydrogen (secondary N) is 3. The van der Waals surface area contributed by atoms with Gasteiger partial charge < -0.3 is 20.7 Å². The van der Waals surface area contributed by atoms with Crippen molar-refractivity contribution in [3.8, 4) is 0 Å². The first kappa shape index (κ1) is 19.3. The highest BCUT2D eigenvalue weighted by atomic mass is 16.5. The summed E-state index contributed by atoms with van der Waals surface area (Å²) < 4.78 is 4.93. The normalized spacial score (nSPS) is 12.7. The highest BCUT2D eigenvalue weighted by molar-refractivity contribution is 5.79. The van der Waals surface area contributed by atoms with Crippen LogP contribution in [0.15, 0.2) is 17.6 Å². The van der Waals surface area contributed by atoms with Gasteiger partial charge in [0.2, 0.25) is 0 Å². The van der Waals surface area contributed by atoms with Crippen LogP contribution >= 0.6 is 0 Å². The molecule has 21 heavy (non-hydrogen) atoms. The number of guanidine groups is 1. The molecule has 1 amide bonds. The summed E-state index contributed by atoms with van der Waals surface area (Å²) in [5, 5.41) is 9.14. The van der Waals surface area contributed by atoms with Crippen molar-refractivity contribution in [3.05, 3.63) is 12.7 Å². The molecule has 0 saturated carbocycles. The zero-order chi connectivity index (χ0) is 16.1. The zero-order valence-electron chi connectivity index (χ0n) is 13.7. The highest BCUT2D eigenvalue weighted by Gasteiger charge is 2.14. The molecule has 0 saturated heterocycles. The van der Waals surface area contributed by atoms with E-state index in [4.69, 9.17) is 4.74 Å². The van der Waals surface area contributed by atoms with E-state index in [2.05, 4.69) is 41.4 Å². The van der Waals surface area contributed by atoms with Crippen molar-refractivity contribution in [3.63, 3.8) is 0 Å². The lowest BCUT2D eigenvalue weighted by Crippen LogP contribution is -2.41. The maximum Gasteiger partial charge on any atom is 0.407 e. The number of ether oxygens (including phenoxy) is 1. The van der Waals surface area contributed by atoms with Gasteiger partial charge in [0.15, 0.2) is 5.96 Å². The van der Waals surface area contributed by atoms with Gasteiger partial charge in [-0.3, -0.25) is 4.99 Å². The lowest BCUT2D eigenvalue weighted by Gasteiger charge is -2.19. The Morgan fingerprint density at radius 1 is 1.33 bits per heavy atom. The summed E-state index contributed by atoms with van der Waals surface area (Å²) in [5.41, 5.74) is 0. The Bertz CT molecular complexity index is 330. The number of nitrogens with zero attached hydrogens (tertiary/aromatic N) is 1. The van der Waals surface area contributed by atoms with Crippen molar-refractivity contribution in [1.82, 2.24) is 16.0 Å². The van der Waals surface area contributed by atoms with E-state index >= 15 is 0 Å². The quantitative estimate of drug-likeness (QED) is 0.345. The van der Waals surface area contributed by atoms with Crippen LogP contribution in [-0.4, -0.2) is 44.3 Å². The lowest BCUT2D eigenvalue weighted by atomic mass is 10.0. The van der Waals surface area contributed by atoms with Crippen LogP contribution in [0.3, 0.4) is 0 Å². The minimum Gasteiger partial charge on any atom is -0.450 e. The van der Waals surface area contributed by atoms with E-state index in [1.54, 1.807) is 13.0 Å². The van der Waals surface area contributed by atoms with Gasteiger partial charge in [-0.15, -0.1) is 6.58 Å². The fourth-order valence-corrected chi connectivity index (χ4v) is 1.80. The average molecular weight is 298 g/mol. The molecular formula is C15H30N4O2. The van der Waals surface area contributed by atoms with Gasteiger partial charge in [0.05, 0.1) is 19.2 Å². The standard InChI is InChI=1S/C15H30N4O2/c1-6-9-17-14(16-7-2)18-11-13(10-12(4)5)19-15(20)21-8-3/h6,12-13H,1,7-11H2,2-5H3,(H,19,20)(H2,16,17,18). The molecule has 6 nitrogen and oxygen atoms in total. The van der Waals surface area contributed by atoms with E-state index in [0.717, 1.165) is 18.9 Å². The van der Waals surface area contributed by atoms with Gasteiger partial charge in [0, 0.05) is 13.1 Å². The van der Waals surface area contributed by atoms with Gasteiger partial charge in [0.1, 0.15) is 0 Å². The Hall–Kier alpha value is -1.72. The van der Waals surface area contributed by atoms with E-state index in [9.17, 15) is 4.79 Å². The first-order valence-corrected chi connectivity index (χ1v) is 7.59. The summed E-state index contributed by atoms with van der Waals surface area (Å²) in [4.78, 5) is 16.0. The van der Waals surface area contributed by atoms with E-state index in [-0.39, 0.29) is 12.1 Å². The summed E-state index contributed by atoms with van der Waals surface area (Å²) in [5.74, 6) is 1.19. The second-order valence-electron chi connectivity index (χ2n) is 5.08. The number of rotatable bonds is 9. The average Bonchev–Trinajstić information content (AvgIpc) is 2.41. The van der Waals surface area contributed by atoms with Crippen LogP contribution in [0.4, 0.5) is 4.79 Å².